The summed E-state index contributed by atoms with van der Waals surface area (Å²) < 4.78 is 12.4. The van der Waals surface area contributed by atoms with Gasteiger partial charge in [0.2, 0.25) is 12.2 Å². The topological polar surface area (TPSA) is 71.9 Å². The number of ether oxygens (including phenoxy) is 1. The van der Waals surface area contributed by atoms with Crippen molar-refractivity contribution in [2.75, 3.05) is 39.9 Å². The lowest BCUT2D eigenvalue weighted by molar-refractivity contribution is 0.126. The standard InChI is InChI=1S/C25H30N6O2/c1-18-4-6-20(7-5-18)24-22(15-29-10-12-30(13-11-29)19(2)16-32-3)31-14-21(8-9-23(31)27-24)25-26-17-33-28-25/h4,6-9,14,17-18H,2,5,10-13,15-16H2,1,3H3. The van der Waals surface area contributed by atoms with Crippen molar-refractivity contribution in [2.24, 2.45) is 5.92 Å². The van der Waals surface area contributed by atoms with Gasteiger partial charge in [0.05, 0.1) is 18.0 Å². The van der Waals surface area contributed by atoms with E-state index in [-0.39, 0.29) is 0 Å². The Balaban J connectivity index is 1.46. The summed E-state index contributed by atoms with van der Waals surface area (Å²) in [7, 11) is 1.71. The van der Waals surface area contributed by atoms with Gasteiger partial charge in [0, 0.05) is 57.3 Å². The van der Waals surface area contributed by atoms with Gasteiger partial charge in [-0.2, -0.15) is 4.98 Å². The zero-order valence-corrected chi connectivity index (χ0v) is 19.3. The number of aromatic nitrogens is 4. The van der Waals surface area contributed by atoms with Gasteiger partial charge in [0.25, 0.3) is 0 Å². The molecule has 3 aromatic rings. The minimum absolute atomic E-state index is 0.562. The predicted octanol–water partition coefficient (Wildman–Crippen LogP) is 3.64. The molecule has 0 radical (unpaired) electrons. The van der Waals surface area contributed by atoms with Crippen molar-refractivity contribution < 1.29 is 9.26 Å². The first kappa shape index (κ1) is 21.6. The van der Waals surface area contributed by atoms with Gasteiger partial charge in [-0.05, 0) is 30.0 Å². The Kier molecular flexibility index (Phi) is 6.11. The van der Waals surface area contributed by atoms with E-state index in [1.165, 1.54) is 17.7 Å². The molecule has 0 N–H and O–H groups in total. The summed E-state index contributed by atoms with van der Waals surface area (Å²) in [5.74, 6) is 1.14. The van der Waals surface area contributed by atoms with Crippen LogP contribution in [0.3, 0.4) is 0 Å². The van der Waals surface area contributed by atoms with Crippen molar-refractivity contribution in [1.82, 2.24) is 29.3 Å². The average molecular weight is 447 g/mol. The Labute approximate surface area is 193 Å². The van der Waals surface area contributed by atoms with Crippen LogP contribution >= 0.6 is 0 Å². The molecule has 1 aliphatic heterocycles. The van der Waals surface area contributed by atoms with E-state index in [1.807, 2.05) is 12.1 Å². The van der Waals surface area contributed by atoms with Crippen LogP contribution in [0.2, 0.25) is 0 Å². The van der Waals surface area contributed by atoms with Crippen LogP contribution in [0.5, 0.6) is 0 Å². The fourth-order valence-corrected chi connectivity index (χ4v) is 4.50. The second-order valence-corrected chi connectivity index (χ2v) is 8.80. The van der Waals surface area contributed by atoms with E-state index in [1.54, 1.807) is 7.11 Å². The molecule has 33 heavy (non-hydrogen) atoms. The quantitative estimate of drug-likeness (QED) is 0.549. The van der Waals surface area contributed by atoms with E-state index in [0.29, 0.717) is 18.3 Å². The molecule has 1 atom stereocenters. The van der Waals surface area contributed by atoms with Crippen molar-refractivity contribution in [3.8, 4) is 11.4 Å². The summed E-state index contributed by atoms with van der Waals surface area (Å²) in [4.78, 5) is 14.0. The molecule has 1 fully saturated rings. The second kappa shape index (κ2) is 9.33. The Bertz CT molecular complexity index is 1190. The van der Waals surface area contributed by atoms with Crippen LogP contribution in [0.25, 0.3) is 22.6 Å². The summed E-state index contributed by atoms with van der Waals surface area (Å²) in [5, 5.41) is 4.01. The summed E-state index contributed by atoms with van der Waals surface area (Å²) in [5.41, 5.74) is 6.31. The molecule has 0 aromatic carbocycles. The highest BCUT2D eigenvalue weighted by Gasteiger charge is 2.23. The summed E-state index contributed by atoms with van der Waals surface area (Å²) in [6.07, 6.45) is 11.3. The average Bonchev–Trinajstić information content (AvgIpc) is 3.49. The molecule has 3 aromatic heterocycles. The maximum absolute atomic E-state index is 5.25. The highest BCUT2D eigenvalue weighted by atomic mass is 16.5. The van der Waals surface area contributed by atoms with Gasteiger partial charge in [-0.25, -0.2) is 4.98 Å². The number of methoxy groups -OCH3 is 1. The highest BCUT2D eigenvalue weighted by Crippen LogP contribution is 2.29. The Hall–Kier alpha value is -3.23. The number of hydrogen-bond acceptors (Lipinski definition) is 7. The van der Waals surface area contributed by atoms with Crippen LogP contribution in [0.15, 0.2) is 59.8 Å². The van der Waals surface area contributed by atoms with E-state index in [9.17, 15) is 0 Å². The predicted molar refractivity (Wildman–Crippen MR) is 127 cm³/mol. The first-order valence-electron chi connectivity index (χ1n) is 11.4. The van der Waals surface area contributed by atoms with Gasteiger partial charge >= 0.3 is 0 Å². The molecule has 8 heteroatoms. The van der Waals surface area contributed by atoms with Crippen molar-refractivity contribution in [2.45, 2.75) is 19.9 Å². The first-order valence-corrected chi connectivity index (χ1v) is 11.4. The van der Waals surface area contributed by atoms with Gasteiger partial charge in [-0.15, -0.1) is 0 Å². The molecule has 172 valence electrons. The second-order valence-electron chi connectivity index (χ2n) is 8.80. The van der Waals surface area contributed by atoms with Gasteiger partial charge in [-0.3, -0.25) is 4.90 Å². The lowest BCUT2D eigenvalue weighted by Gasteiger charge is -2.36. The number of rotatable bonds is 7. The molecule has 1 aliphatic carbocycles. The third kappa shape index (κ3) is 4.49. The van der Waals surface area contributed by atoms with Crippen molar-refractivity contribution in [3.05, 3.63) is 66.6 Å². The first-order chi connectivity index (χ1) is 16.1. The van der Waals surface area contributed by atoms with E-state index in [2.05, 4.69) is 62.3 Å². The smallest absolute Gasteiger partial charge is 0.214 e. The number of nitrogens with zero attached hydrogens (tertiary/aromatic N) is 6. The molecular weight excluding hydrogens is 416 g/mol. The maximum atomic E-state index is 5.25. The van der Waals surface area contributed by atoms with Crippen LogP contribution in [-0.4, -0.2) is 69.2 Å². The lowest BCUT2D eigenvalue weighted by atomic mass is 9.96. The van der Waals surface area contributed by atoms with E-state index in [4.69, 9.17) is 14.2 Å². The van der Waals surface area contributed by atoms with Crippen LogP contribution in [0.1, 0.15) is 24.7 Å². The number of allylic oxidation sites excluding steroid dienone is 4. The molecule has 8 nitrogen and oxygen atoms in total. The fourth-order valence-electron chi connectivity index (χ4n) is 4.50. The number of pyridine rings is 1. The molecule has 2 aliphatic rings. The third-order valence-corrected chi connectivity index (χ3v) is 6.43. The monoisotopic (exact) mass is 446 g/mol. The number of piperazine rings is 1. The molecule has 1 saturated heterocycles. The third-order valence-electron chi connectivity index (χ3n) is 6.43. The van der Waals surface area contributed by atoms with Gasteiger partial charge < -0.3 is 18.6 Å². The molecule has 1 unspecified atom stereocenters. The van der Waals surface area contributed by atoms with Gasteiger partial charge in [0.15, 0.2) is 0 Å². The SMILES string of the molecule is C=C(COC)N1CCN(Cc2c(C3=CCC(C)C=C3)nc3ccc(-c4ncon4)cn23)CC1. The van der Waals surface area contributed by atoms with Crippen molar-refractivity contribution in [1.29, 1.82) is 0 Å². The minimum Gasteiger partial charge on any atom is -0.379 e. The largest absolute Gasteiger partial charge is 0.379 e. The normalized spacial score (nSPS) is 19.3. The Morgan fingerprint density at radius 2 is 2.09 bits per heavy atom. The molecule has 0 amide bonds. The number of imidazole rings is 1. The van der Waals surface area contributed by atoms with Gasteiger partial charge in [-0.1, -0.05) is 36.9 Å². The van der Waals surface area contributed by atoms with E-state index in [0.717, 1.165) is 61.7 Å². The Morgan fingerprint density at radius 1 is 1.24 bits per heavy atom. The van der Waals surface area contributed by atoms with E-state index < -0.39 is 0 Å². The number of hydrogen-bond donors (Lipinski definition) is 0. The van der Waals surface area contributed by atoms with Crippen LogP contribution < -0.4 is 0 Å². The number of fused-ring (bicyclic) bond motifs is 1. The van der Waals surface area contributed by atoms with Crippen molar-refractivity contribution in [3.63, 3.8) is 0 Å². The summed E-state index contributed by atoms with van der Waals surface area (Å²) in [6, 6.07) is 4.02. The molecular formula is C25H30N6O2. The van der Waals surface area contributed by atoms with Gasteiger partial charge in [0.1, 0.15) is 5.65 Å². The molecule has 4 heterocycles. The maximum Gasteiger partial charge on any atom is 0.214 e. The molecule has 5 rings (SSSR count). The lowest BCUT2D eigenvalue weighted by Crippen LogP contribution is -2.45. The highest BCUT2D eigenvalue weighted by molar-refractivity contribution is 5.76. The summed E-state index contributed by atoms with van der Waals surface area (Å²) in [6.45, 7) is 11.6. The Morgan fingerprint density at radius 3 is 2.79 bits per heavy atom. The van der Waals surface area contributed by atoms with E-state index >= 15 is 0 Å². The van der Waals surface area contributed by atoms with Crippen LogP contribution in [0, 0.1) is 5.92 Å². The van der Waals surface area contributed by atoms with Crippen molar-refractivity contribution >= 4 is 11.2 Å². The van der Waals surface area contributed by atoms with Crippen LogP contribution in [0.4, 0.5) is 0 Å². The zero-order valence-electron chi connectivity index (χ0n) is 19.3. The molecule has 0 bridgehead atoms. The zero-order chi connectivity index (χ0) is 22.8. The minimum atomic E-state index is 0.562. The molecule has 0 saturated carbocycles. The molecule has 0 spiro atoms. The fraction of sp³-hybridized carbons (Fsp3) is 0.400. The summed E-state index contributed by atoms with van der Waals surface area (Å²) >= 11 is 0. The van der Waals surface area contributed by atoms with Crippen LogP contribution in [-0.2, 0) is 11.3 Å².